The van der Waals surface area contributed by atoms with Crippen molar-refractivity contribution < 1.29 is 36.0 Å². The van der Waals surface area contributed by atoms with Crippen LogP contribution in [0.3, 0.4) is 0 Å². The van der Waals surface area contributed by atoms with Gasteiger partial charge in [0.1, 0.15) is 0 Å². The van der Waals surface area contributed by atoms with Crippen molar-refractivity contribution in [1.29, 1.82) is 0 Å². The molecule has 4 rings (SSSR count). The van der Waals surface area contributed by atoms with Crippen molar-refractivity contribution in [2.45, 2.75) is 149 Å². The molecule has 6 atom stereocenters. The summed E-state index contributed by atoms with van der Waals surface area (Å²) >= 11 is 0. The van der Waals surface area contributed by atoms with Crippen molar-refractivity contribution in [1.82, 2.24) is 0 Å². The van der Waals surface area contributed by atoms with Gasteiger partial charge in [-0.05, 0) is 103 Å². The third kappa shape index (κ3) is 12.2. The van der Waals surface area contributed by atoms with Gasteiger partial charge in [0.25, 0.3) is 0 Å². The Morgan fingerprint density at radius 3 is 1.17 bits per heavy atom. The summed E-state index contributed by atoms with van der Waals surface area (Å²) in [6.45, 7) is 16.7. The molecule has 242 valence electrons. The lowest BCUT2D eigenvalue weighted by atomic mass is 9.88. The van der Waals surface area contributed by atoms with Crippen LogP contribution in [0.2, 0.25) is 12.1 Å². The number of rotatable bonds is 21. The van der Waals surface area contributed by atoms with E-state index in [2.05, 4.69) is 20.8 Å². The van der Waals surface area contributed by atoms with Crippen LogP contribution < -0.4 is 0 Å². The van der Waals surface area contributed by atoms with E-state index in [-0.39, 0.29) is 0 Å². The Hall–Kier alpha value is 0.114. The van der Waals surface area contributed by atoms with Crippen LogP contribution in [0.4, 0.5) is 0 Å². The highest BCUT2D eigenvalue weighted by molar-refractivity contribution is 6.61. The van der Waals surface area contributed by atoms with E-state index in [0.717, 1.165) is 75.8 Å². The fourth-order valence-corrected chi connectivity index (χ4v) is 12.1. The van der Waals surface area contributed by atoms with E-state index in [4.69, 9.17) is 36.0 Å². The highest BCUT2D eigenvalue weighted by atomic mass is 28.4. The van der Waals surface area contributed by atoms with Gasteiger partial charge in [-0.15, -0.1) is 0 Å². The number of hydrogen-bond acceptors (Lipinski definition) is 8. The van der Waals surface area contributed by atoms with Crippen LogP contribution in [0, 0.1) is 11.8 Å². The molecule has 0 radical (unpaired) electrons. The standard InChI is InChI=1S/C17H34O4Si.C14H28O4Si/c1-4-10-18-22(19-11-5-2,20-12-6-3)13-9-15-7-8-16-17(14-15)21-16;1-4-15-19(16-5-2,17-6-3)10-9-12-7-8-13-14(11-12)18-13/h15-17H,4-14H2,1-3H3;12-14H,4-11H2,1-3H3. The van der Waals surface area contributed by atoms with Gasteiger partial charge in [0.15, 0.2) is 0 Å². The minimum absolute atomic E-state index is 0.555. The summed E-state index contributed by atoms with van der Waals surface area (Å²) in [5, 5.41) is 0. The first-order valence-corrected chi connectivity index (χ1v) is 21.0. The number of fused-ring (bicyclic) bond motifs is 2. The Morgan fingerprint density at radius 1 is 0.488 bits per heavy atom. The van der Waals surface area contributed by atoms with Crippen LogP contribution in [0.25, 0.3) is 0 Å². The molecule has 2 heterocycles. The Balaban J connectivity index is 0.000000228. The van der Waals surface area contributed by atoms with Crippen molar-refractivity contribution in [2.24, 2.45) is 11.8 Å². The van der Waals surface area contributed by atoms with Gasteiger partial charge < -0.3 is 36.0 Å². The molecule has 6 unspecified atom stereocenters. The second-order valence-corrected chi connectivity index (χ2v) is 17.5. The van der Waals surface area contributed by atoms with Gasteiger partial charge in [-0.25, -0.2) is 0 Å². The van der Waals surface area contributed by atoms with Crippen LogP contribution in [0.1, 0.15) is 112 Å². The molecule has 41 heavy (non-hydrogen) atoms. The Bertz CT molecular complexity index is 662. The van der Waals surface area contributed by atoms with Crippen molar-refractivity contribution in [3.05, 3.63) is 0 Å². The molecule has 0 aromatic carbocycles. The van der Waals surface area contributed by atoms with E-state index >= 15 is 0 Å². The molecule has 0 spiro atoms. The fourth-order valence-electron chi connectivity index (χ4n) is 6.38. The lowest BCUT2D eigenvalue weighted by Gasteiger charge is -2.31. The third-order valence-electron chi connectivity index (χ3n) is 8.61. The monoisotopic (exact) mass is 618 g/mol. The van der Waals surface area contributed by atoms with Crippen LogP contribution in [0.15, 0.2) is 0 Å². The normalized spacial score (nSPS) is 28.8. The number of epoxide rings is 2. The summed E-state index contributed by atoms with van der Waals surface area (Å²) in [5.74, 6) is 1.52. The topological polar surface area (TPSA) is 80.4 Å². The maximum absolute atomic E-state index is 6.17. The molecular formula is C31H62O8Si2. The van der Waals surface area contributed by atoms with Crippen LogP contribution in [-0.4, -0.2) is 81.7 Å². The second-order valence-electron chi connectivity index (χ2n) is 12.1. The van der Waals surface area contributed by atoms with Crippen molar-refractivity contribution in [3.63, 3.8) is 0 Å². The van der Waals surface area contributed by atoms with Gasteiger partial charge in [0.2, 0.25) is 0 Å². The average molecular weight is 619 g/mol. The zero-order valence-corrected chi connectivity index (χ0v) is 29.2. The van der Waals surface area contributed by atoms with Gasteiger partial charge in [0, 0.05) is 51.7 Å². The predicted molar refractivity (Wildman–Crippen MR) is 166 cm³/mol. The van der Waals surface area contributed by atoms with Crippen molar-refractivity contribution in [3.8, 4) is 0 Å². The maximum atomic E-state index is 6.17. The van der Waals surface area contributed by atoms with Crippen molar-refractivity contribution >= 4 is 17.6 Å². The van der Waals surface area contributed by atoms with E-state index in [9.17, 15) is 0 Å². The van der Waals surface area contributed by atoms with Gasteiger partial charge in [-0.1, -0.05) is 20.8 Å². The summed E-state index contributed by atoms with van der Waals surface area (Å²) in [4.78, 5) is 0. The molecule has 2 aliphatic heterocycles. The second kappa shape index (κ2) is 18.8. The molecule has 2 aliphatic carbocycles. The van der Waals surface area contributed by atoms with Crippen molar-refractivity contribution in [2.75, 3.05) is 39.6 Å². The molecule has 10 heteroatoms. The summed E-state index contributed by atoms with van der Waals surface area (Å²) in [7, 11) is -4.92. The molecule has 0 N–H and O–H groups in total. The molecule has 0 amide bonds. The Labute approximate surface area is 253 Å². The molecule has 4 fully saturated rings. The highest BCUT2D eigenvalue weighted by Gasteiger charge is 2.47. The third-order valence-corrected chi connectivity index (χ3v) is 14.5. The molecule has 2 saturated heterocycles. The van der Waals surface area contributed by atoms with E-state index in [0.29, 0.717) is 44.2 Å². The molecule has 4 aliphatic rings. The van der Waals surface area contributed by atoms with E-state index in [1.807, 2.05) is 20.8 Å². The summed E-state index contributed by atoms with van der Waals surface area (Å²) in [6.07, 6.45) is 15.2. The first-order chi connectivity index (χ1) is 20.0. The zero-order chi connectivity index (χ0) is 29.6. The Kier molecular flexibility index (Phi) is 16.3. The summed E-state index contributed by atoms with van der Waals surface area (Å²) in [5.41, 5.74) is 0. The predicted octanol–water partition coefficient (Wildman–Crippen LogP) is 7.16. The average Bonchev–Trinajstić information content (AvgIpc) is 3.91. The largest absolute Gasteiger partial charge is 0.500 e. The van der Waals surface area contributed by atoms with E-state index in [1.54, 1.807) is 0 Å². The minimum atomic E-state index is -2.49. The van der Waals surface area contributed by atoms with E-state index in [1.165, 1.54) is 38.5 Å². The molecule has 0 aromatic rings. The van der Waals surface area contributed by atoms with Gasteiger partial charge in [0.05, 0.1) is 24.4 Å². The lowest BCUT2D eigenvalue weighted by molar-refractivity contribution is 0.0572. The first kappa shape index (κ1) is 35.6. The quantitative estimate of drug-likeness (QED) is 0.0991. The summed E-state index contributed by atoms with van der Waals surface area (Å²) < 4.78 is 47.5. The lowest BCUT2D eigenvalue weighted by Crippen LogP contribution is -2.47. The molecule has 0 bridgehead atoms. The number of ether oxygens (including phenoxy) is 2. The SMILES string of the molecule is CCCO[Si](CCC1CCC2OC2C1)(OCCC)OCCC.CCO[Si](CCC1CCC2OC2C1)(OCC)OCC. The molecule has 0 aromatic heterocycles. The van der Waals surface area contributed by atoms with Gasteiger partial charge in [-0.3, -0.25) is 0 Å². The van der Waals surface area contributed by atoms with Gasteiger partial charge in [-0.2, -0.15) is 0 Å². The zero-order valence-electron chi connectivity index (χ0n) is 27.2. The van der Waals surface area contributed by atoms with Crippen LogP contribution in [0.5, 0.6) is 0 Å². The molecule has 8 nitrogen and oxygen atoms in total. The molecular weight excluding hydrogens is 557 g/mol. The fraction of sp³-hybridized carbons (Fsp3) is 1.00. The summed E-state index contributed by atoms with van der Waals surface area (Å²) in [6, 6.07) is 1.92. The van der Waals surface area contributed by atoms with Crippen LogP contribution >= 0.6 is 0 Å². The van der Waals surface area contributed by atoms with E-state index < -0.39 is 17.6 Å². The number of hydrogen-bond donors (Lipinski definition) is 0. The first-order valence-electron chi connectivity index (χ1n) is 17.1. The van der Waals surface area contributed by atoms with Gasteiger partial charge >= 0.3 is 17.6 Å². The minimum Gasteiger partial charge on any atom is -0.374 e. The van der Waals surface area contributed by atoms with Crippen LogP contribution in [-0.2, 0) is 36.0 Å². The molecule has 2 saturated carbocycles. The smallest absolute Gasteiger partial charge is 0.374 e. The highest BCUT2D eigenvalue weighted by Crippen LogP contribution is 2.43. The Morgan fingerprint density at radius 2 is 0.854 bits per heavy atom. The maximum Gasteiger partial charge on any atom is 0.500 e.